The molecule has 0 atom stereocenters. The number of carbonyl (C=O) groups is 2. The van der Waals surface area contributed by atoms with E-state index < -0.39 is 17.2 Å². The Labute approximate surface area is 182 Å². The van der Waals surface area contributed by atoms with Crippen LogP contribution in [0.3, 0.4) is 0 Å². The van der Waals surface area contributed by atoms with Gasteiger partial charge in [-0.3, -0.25) is 23.5 Å². The first kappa shape index (κ1) is 20.9. The van der Waals surface area contributed by atoms with E-state index in [-0.39, 0.29) is 29.9 Å². The summed E-state index contributed by atoms with van der Waals surface area (Å²) >= 11 is 0. The van der Waals surface area contributed by atoms with Crippen LogP contribution in [0.25, 0.3) is 11.0 Å². The Morgan fingerprint density at radius 3 is 2.31 bits per heavy atom. The van der Waals surface area contributed by atoms with Crippen molar-refractivity contribution in [1.29, 1.82) is 0 Å². The first-order valence-electron chi connectivity index (χ1n) is 9.97. The number of fused-ring (bicyclic) bond motifs is 1. The highest BCUT2D eigenvalue weighted by molar-refractivity contribution is 5.95. The molecule has 0 radical (unpaired) electrons. The van der Waals surface area contributed by atoms with Gasteiger partial charge >= 0.3 is 5.69 Å². The molecule has 2 aromatic carbocycles. The minimum Gasteiger partial charge on any atom is -0.325 e. The van der Waals surface area contributed by atoms with Gasteiger partial charge in [-0.15, -0.1) is 0 Å². The van der Waals surface area contributed by atoms with Crippen LogP contribution in [0.5, 0.6) is 0 Å². The second kappa shape index (κ2) is 8.81. The fourth-order valence-electron chi connectivity index (χ4n) is 3.43. The second-order valence-corrected chi connectivity index (χ2v) is 7.30. The van der Waals surface area contributed by atoms with E-state index in [0.717, 1.165) is 10.1 Å². The summed E-state index contributed by atoms with van der Waals surface area (Å²) in [7, 11) is 0. The topological polar surface area (TPSA) is 103 Å². The lowest BCUT2D eigenvalue weighted by atomic mass is 10.1. The van der Waals surface area contributed by atoms with Crippen molar-refractivity contribution in [2.75, 3.05) is 5.32 Å². The molecule has 1 amide bonds. The highest BCUT2D eigenvalue weighted by Gasteiger charge is 2.16. The van der Waals surface area contributed by atoms with Crippen molar-refractivity contribution in [2.24, 2.45) is 0 Å². The molecule has 0 aliphatic heterocycles. The summed E-state index contributed by atoms with van der Waals surface area (Å²) in [6.45, 7) is 1.23. The van der Waals surface area contributed by atoms with Gasteiger partial charge in [-0.2, -0.15) is 0 Å². The molecule has 0 saturated heterocycles. The van der Waals surface area contributed by atoms with Crippen molar-refractivity contribution in [3.8, 4) is 0 Å². The molecule has 4 rings (SSSR count). The van der Waals surface area contributed by atoms with Crippen LogP contribution in [0.1, 0.15) is 22.8 Å². The molecule has 0 spiro atoms. The number of pyridine rings is 1. The molecule has 0 unspecified atom stereocenters. The number of hydrogen-bond donors (Lipinski definition) is 1. The molecular weight excluding hydrogens is 408 g/mol. The maximum absolute atomic E-state index is 13.2. The monoisotopic (exact) mass is 428 g/mol. The quantitative estimate of drug-likeness (QED) is 0.475. The highest BCUT2D eigenvalue weighted by Crippen LogP contribution is 2.11. The summed E-state index contributed by atoms with van der Waals surface area (Å²) in [6.07, 6.45) is 1.47. The van der Waals surface area contributed by atoms with Crippen LogP contribution >= 0.6 is 0 Å². The molecule has 32 heavy (non-hydrogen) atoms. The Morgan fingerprint density at radius 2 is 1.62 bits per heavy atom. The van der Waals surface area contributed by atoms with E-state index >= 15 is 0 Å². The van der Waals surface area contributed by atoms with Gasteiger partial charge in [0.1, 0.15) is 6.54 Å². The number of Topliss-reactive ketones (excluding diaryl/α,β-unsaturated/α-hetero) is 1. The number of ketones is 1. The molecule has 8 nitrogen and oxygen atoms in total. The summed E-state index contributed by atoms with van der Waals surface area (Å²) in [6, 6.07) is 18.8. The molecule has 0 aliphatic rings. The minimum absolute atomic E-state index is 0.0686. The molecule has 0 aliphatic carbocycles. The maximum Gasteiger partial charge on any atom is 0.332 e. The van der Waals surface area contributed by atoms with Crippen molar-refractivity contribution in [2.45, 2.75) is 20.0 Å². The van der Waals surface area contributed by atoms with E-state index in [1.54, 1.807) is 36.4 Å². The van der Waals surface area contributed by atoms with E-state index in [0.29, 0.717) is 11.3 Å². The zero-order valence-corrected chi connectivity index (χ0v) is 17.3. The number of anilines is 1. The number of hydrogen-bond acceptors (Lipinski definition) is 5. The van der Waals surface area contributed by atoms with Crippen molar-refractivity contribution in [3.05, 3.63) is 105 Å². The van der Waals surface area contributed by atoms with Gasteiger partial charge in [0, 0.05) is 17.4 Å². The first-order chi connectivity index (χ1) is 15.4. The van der Waals surface area contributed by atoms with Crippen molar-refractivity contribution >= 4 is 28.4 Å². The predicted octanol–water partition coefficient (Wildman–Crippen LogP) is 2.45. The van der Waals surface area contributed by atoms with Gasteiger partial charge in [0.15, 0.2) is 11.3 Å². The zero-order valence-electron chi connectivity index (χ0n) is 17.3. The summed E-state index contributed by atoms with van der Waals surface area (Å²) < 4.78 is 2.32. The molecule has 0 fully saturated rings. The number of nitrogens with zero attached hydrogens (tertiary/aromatic N) is 3. The summed E-state index contributed by atoms with van der Waals surface area (Å²) in [5.41, 5.74) is 1.10. The van der Waals surface area contributed by atoms with Crippen LogP contribution < -0.4 is 16.6 Å². The zero-order chi connectivity index (χ0) is 22.7. The molecule has 0 bridgehead atoms. The van der Waals surface area contributed by atoms with Crippen LogP contribution in [0.4, 0.5) is 5.69 Å². The molecule has 2 aromatic heterocycles. The normalized spacial score (nSPS) is 10.8. The van der Waals surface area contributed by atoms with E-state index in [1.807, 2.05) is 30.3 Å². The molecule has 160 valence electrons. The standard InChI is InChI=1S/C24H20N4O4/c1-16(29)18-9-11-19(12-10-18)26-21(30)15-27-20-8-5-13-25-22(20)23(31)28(24(27)32)14-17-6-3-2-4-7-17/h2-13H,14-15H2,1H3,(H,26,30). The molecule has 4 aromatic rings. The lowest BCUT2D eigenvalue weighted by Gasteiger charge is -2.14. The number of aromatic nitrogens is 3. The predicted molar refractivity (Wildman–Crippen MR) is 121 cm³/mol. The summed E-state index contributed by atoms with van der Waals surface area (Å²) in [5, 5.41) is 2.71. The van der Waals surface area contributed by atoms with Gasteiger partial charge in [0.05, 0.1) is 12.1 Å². The van der Waals surface area contributed by atoms with Crippen LogP contribution in [-0.2, 0) is 17.9 Å². The highest BCUT2D eigenvalue weighted by atomic mass is 16.2. The van der Waals surface area contributed by atoms with Gasteiger partial charge in [-0.1, -0.05) is 30.3 Å². The lowest BCUT2D eigenvalue weighted by molar-refractivity contribution is -0.116. The van der Waals surface area contributed by atoms with Gasteiger partial charge in [0.2, 0.25) is 5.91 Å². The van der Waals surface area contributed by atoms with E-state index in [9.17, 15) is 19.2 Å². The summed E-state index contributed by atoms with van der Waals surface area (Å²) in [4.78, 5) is 54.4. The number of carbonyl (C=O) groups excluding carboxylic acids is 2. The molecule has 1 N–H and O–H groups in total. The second-order valence-electron chi connectivity index (χ2n) is 7.30. The largest absolute Gasteiger partial charge is 0.332 e. The molecule has 2 heterocycles. The fraction of sp³-hybridized carbons (Fsp3) is 0.125. The third-order valence-corrected chi connectivity index (χ3v) is 5.05. The van der Waals surface area contributed by atoms with Gasteiger partial charge in [-0.25, -0.2) is 9.78 Å². The van der Waals surface area contributed by atoms with Crippen LogP contribution in [0.15, 0.2) is 82.5 Å². The maximum atomic E-state index is 13.2. The van der Waals surface area contributed by atoms with Crippen LogP contribution in [0.2, 0.25) is 0 Å². The van der Waals surface area contributed by atoms with E-state index in [2.05, 4.69) is 10.3 Å². The first-order valence-corrected chi connectivity index (χ1v) is 9.97. The van der Waals surface area contributed by atoms with Crippen molar-refractivity contribution in [1.82, 2.24) is 14.1 Å². The smallest absolute Gasteiger partial charge is 0.325 e. The van der Waals surface area contributed by atoms with Crippen molar-refractivity contribution < 1.29 is 9.59 Å². The Morgan fingerprint density at radius 1 is 0.906 bits per heavy atom. The average molecular weight is 428 g/mol. The number of benzene rings is 2. The number of amides is 1. The third kappa shape index (κ3) is 4.24. The van der Waals surface area contributed by atoms with Crippen LogP contribution in [0, 0.1) is 0 Å². The number of rotatable bonds is 6. The Bertz CT molecular complexity index is 1420. The fourth-order valence-corrected chi connectivity index (χ4v) is 3.43. The van der Waals surface area contributed by atoms with E-state index in [4.69, 9.17) is 0 Å². The molecular formula is C24H20N4O4. The van der Waals surface area contributed by atoms with Gasteiger partial charge < -0.3 is 5.32 Å². The Balaban J connectivity index is 1.69. The lowest BCUT2D eigenvalue weighted by Crippen LogP contribution is -2.42. The average Bonchev–Trinajstić information content (AvgIpc) is 2.80. The molecule has 8 heteroatoms. The third-order valence-electron chi connectivity index (χ3n) is 5.05. The van der Waals surface area contributed by atoms with Crippen LogP contribution in [-0.4, -0.2) is 25.8 Å². The van der Waals surface area contributed by atoms with Gasteiger partial charge in [0.25, 0.3) is 5.56 Å². The molecule has 0 saturated carbocycles. The Hall–Kier alpha value is -4.33. The minimum atomic E-state index is -0.596. The summed E-state index contributed by atoms with van der Waals surface area (Å²) in [5.74, 6) is -0.521. The Kier molecular flexibility index (Phi) is 5.76. The van der Waals surface area contributed by atoms with E-state index in [1.165, 1.54) is 17.7 Å². The van der Waals surface area contributed by atoms with Crippen molar-refractivity contribution in [3.63, 3.8) is 0 Å². The number of nitrogens with one attached hydrogen (secondary N) is 1. The van der Waals surface area contributed by atoms with Gasteiger partial charge in [-0.05, 0) is 48.9 Å². The SMILES string of the molecule is CC(=O)c1ccc(NC(=O)Cn2c(=O)n(Cc3ccccc3)c(=O)c3ncccc32)cc1.